The smallest absolute Gasteiger partial charge is 0.0278 e. The Morgan fingerprint density at radius 2 is 2.13 bits per heavy atom. The predicted molar refractivity (Wildman–Crippen MR) is 67.2 cm³/mol. The van der Waals surface area contributed by atoms with Crippen LogP contribution in [0.25, 0.3) is 0 Å². The fourth-order valence-corrected chi connectivity index (χ4v) is 2.42. The van der Waals surface area contributed by atoms with Gasteiger partial charge in [-0.15, -0.1) is 0 Å². The first-order valence-electron chi connectivity index (χ1n) is 6.53. The Morgan fingerprint density at radius 1 is 1.47 bits per heavy atom. The molecule has 0 aromatic heterocycles. The maximum Gasteiger partial charge on any atom is 0.0278 e. The highest BCUT2D eigenvalue weighted by molar-refractivity contribution is 4.91. The molecule has 2 heteroatoms. The summed E-state index contributed by atoms with van der Waals surface area (Å²) in [4.78, 5) is 2.68. The van der Waals surface area contributed by atoms with Crippen LogP contribution >= 0.6 is 0 Å². The summed E-state index contributed by atoms with van der Waals surface area (Å²) in [6.07, 6.45) is 3.75. The monoisotopic (exact) mass is 212 g/mol. The lowest BCUT2D eigenvalue weighted by Gasteiger charge is -2.38. The van der Waals surface area contributed by atoms with Crippen molar-refractivity contribution in [2.45, 2.75) is 71.5 Å². The van der Waals surface area contributed by atoms with Gasteiger partial charge in [0.15, 0.2) is 0 Å². The van der Waals surface area contributed by atoms with Crippen molar-refractivity contribution in [3.05, 3.63) is 0 Å². The molecule has 0 radical (unpaired) electrons. The van der Waals surface area contributed by atoms with E-state index in [0.29, 0.717) is 11.6 Å². The van der Waals surface area contributed by atoms with Gasteiger partial charge in [-0.05, 0) is 46.6 Å². The number of hydrogen-bond acceptors (Lipinski definition) is 2. The van der Waals surface area contributed by atoms with E-state index in [0.717, 1.165) is 6.04 Å². The summed E-state index contributed by atoms with van der Waals surface area (Å²) in [5.41, 5.74) is 0.314. The second-order valence-corrected chi connectivity index (χ2v) is 5.41. The fourth-order valence-electron chi connectivity index (χ4n) is 2.42. The molecule has 0 amide bonds. The molecular formula is C13H28N2. The average molecular weight is 212 g/mol. The van der Waals surface area contributed by atoms with E-state index in [1.165, 1.54) is 32.4 Å². The van der Waals surface area contributed by atoms with E-state index < -0.39 is 0 Å². The van der Waals surface area contributed by atoms with Crippen LogP contribution in [0, 0.1) is 0 Å². The molecule has 1 aliphatic rings. The Bertz CT molecular complexity index is 193. The molecule has 1 N–H and O–H groups in total. The van der Waals surface area contributed by atoms with Crippen LogP contribution in [0.4, 0.5) is 0 Å². The standard InChI is InChI=1S/C13H28N2/c1-6-11(3)15-10-13(5,7-2)14-9-8-12(15)4/h11-12,14H,6-10H2,1-5H3. The van der Waals surface area contributed by atoms with Crippen LogP contribution in [-0.2, 0) is 0 Å². The quantitative estimate of drug-likeness (QED) is 0.773. The normalized spacial score (nSPS) is 36.2. The summed E-state index contributed by atoms with van der Waals surface area (Å²) in [6.45, 7) is 14.0. The van der Waals surface area contributed by atoms with Gasteiger partial charge in [0.05, 0.1) is 0 Å². The van der Waals surface area contributed by atoms with Crippen LogP contribution < -0.4 is 5.32 Å². The number of hydrogen-bond donors (Lipinski definition) is 1. The maximum absolute atomic E-state index is 3.71. The zero-order valence-corrected chi connectivity index (χ0v) is 11.1. The van der Waals surface area contributed by atoms with Crippen molar-refractivity contribution in [2.75, 3.05) is 13.1 Å². The predicted octanol–water partition coefficient (Wildman–Crippen LogP) is 2.64. The molecule has 1 aliphatic heterocycles. The third-order valence-corrected chi connectivity index (χ3v) is 4.15. The van der Waals surface area contributed by atoms with Crippen LogP contribution in [0.3, 0.4) is 0 Å². The summed E-state index contributed by atoms with van der Waals surface area (Å²) in [5, 5.41) is 3.71. The molecule has 0 aromatic rings. The molecule has 1 rings (SSSR count). The minimum absolute atomic E-state index is 0.314. The van der Waals surface area contributed by atoms with Gasteiger partial charge in [-0.3, -0.25) is 4.90 Å². The lowest BCUT2D eigenvalue weighted by atomic mass is 9.97. The largest absolute Gasteiger partial charge is 0.310 e. The zero-order chi connectivity index (χ0) is 11.5. The highest BCUT2D eigenvalue weighted by Crippen LogP contribution is 2.21. The van der Waals surface area contributed by atoms with Gasteiger partial charge in [0.25, 0.3) is 0 Å². The number of nitrogens with zero attached hydrogens (tertiary/aromatic N) is 1. The third-order valence-electron chi connectivity index (χ3n) is 4.15. The second kappa shape index (κ2) is 5.31. The van der Waals surface area contributed by atoms with Crippen molar-refractivity contribution in [3.8, 4) is 0 Å². The highest BCUT2D eigenvalue weighted by Gasteiger charge is 2.31. The van der Waals surface area contributed by atoms with Gasteiger partial charge < -0.3 is 5.32 Å². The molecule has 1 fully saturated rings. The maximum atomic E-state index is 3.71. The first-order chi connectivity index (χ1) is 7.02. The second-order valence-electron chi connectivity index (χ2n) is 5.41. The van der Waals surface area contributed by atoms with Crippen LogP contribution in [0.2, 0.25) is 0 Å². The van der Waals surface area contributed by atoms with E-state index in [1.807, 2.05) is 0 Å². The minimum atomic E-state index is 0.314. The van der Waals surface area contributed by atoms with E-state index in [1.54, 1.807) is 0 Å². The zero-order valence-electron chi connectivity index (χ0n) is 11.1. The SMILES string of the molecule is CCC(C)N1CC(C)(CC)NCCC1C. The molecule has 1 saturated heterocycles. The molecular weight excluding hydrogens is 184 g/mol. The summed E-state index contributed by atoms with van der Waals surface area (Å²) in [7, 11) is 0. The molecule has 3 atom stereocenters. The molecule has 1 heterocycles. The van der Waals surface area contributed by atoms with Crippen molar-refractivity contribution < 1.29 is 0 Å². The Morgan fingerprint density at radius 3 is 2.67 bits per heavy atom. The van der Waals surface area contributed by atoms with E-state index in [2.05, 4.69) is 44.8 Å². The van der Waals surface area contributed by atoms with Crippen molar-refractivity contribution >= 4 is 0 Å². The van der Waals surface area contributed by atoms with Gasteiger partial charge in [0, 0.05) is 24.2 Å². The minimum Gasteiger partial charge on any atom is -0.310 e. The Balaban J connectivity index is 2.73. The van der Waals surface area contributed by atoms with E-state index in [-0.39, 0.29) is 0 Å². The van der Waals surface area contributed by atoms with Gasteiger partial charge in [-0.1, -0.05) is 13.8 Å². The summed E-state index contributed by atoms with van der Waals surface area (Å²) in [5.74, 6) is 0. The van der Waals surface area contributed by atoms with Crippen LogP contribution in [0.5, 0.6) is 0 Å². The molecule has 0 bridgehead atoms. The van der Waals surface area contributed by atoms with Crippen molar-refractivity contribution in [1.29, 1.82) is 0 Å². The Labute approximate surface area is 95.4 Å². The fraction of sp³-hybridized carbons (Fsp3) is 1.00. The van der Waals surface area contributed by atoms with Crippen molar-refractivity contribution in [3.63, 3.8) is 0 Å². The molecule has 0 aliphatic carbocycles. The van der Waals surface area contributed by atoms with Gasteiger partial charge in [0.1, 0.15) is 0 Å². The van der Waals surface area contributed by atoms with Gasteiger partial charge in [-0.2, -0.15) is 0 Å². The Kier molecular flexibility index (Phi) is 4.60. The lowest BCUT2D eigenvalue weighted by Crippen LogP contribution is -2.51. The average Bonchev–Trinajstić information content (AvgIpc) is 2.38. The lowest BCUT2D eigenvalue weighted by molar-refractivity contribution is 0.122. The number of nitrogens with one attached hydrogen (secondary N) is 1. The summed E-state index contributed by atoms with van der Waals surface area (Å²) in [6, 6.07) is 1.44. The summed E-state index contributed by atoms with van der Waals surface area (Å²) >= 11 is 0. The number of rotatable bonds is 3. The molecule has 3 unspecified atom stereocenters. The first-order valence-corrected chi connectivity index (χ1v) is 6.53. The molecule has 2 nitrogen and oxygen atoms in total. The van der Waals surface area contributed by atoms with Crippen molar-refractivity contribution in [2.24, 2.45) is 0 Å². The molecule has 0 saturated carbocycles. The van der Waals surface area contributed by atoms with Gasteiger partial charge in [0.2, 0.25) is 0 Å². The van der Waals surface area contributed by atoms with E-state index in [4.69, 9.17) is 0 Å². The molecule has 15 heavy (non-hydrogen) atoms. The van der Waals surface area contributed by atoms with Gasteiger partial charge in [-0.25, -0.2) is 0 Å². The van der Waals surface area contributed by atoms with E-state index >= 15 is 0 Å². The highest BCUT2D eigenvalue weighted by atomic mass is 15.2. The van der Waals surface area contributed by atoms with Crippen LogP contribution in [0.1, 0.15) is 53.9 Å². The van der Waals surface area contributed by atoms with Crippen LogP contribution in [0.15, 0.2) is 0 Å². The topological polar surface area (TPSA) is 15.3 Å². The van der Waals surface area contributed by atoms with Crippen LogP contribution in [-0.4, -0.2) is 35.6 Å². The molecule has 0 spiro atoms. The molecule has 90 valence electrons. The first kappa shape index (κ1) is 13.0. The van der Waals surface area contributed by atoms with E-state index in [9.17, 15) is 0 Å². The Hall–Kier alpha value is -0.0800. The third kappa shape index (κ3) is 3.18. The van der Waals surface area contributed by atoms with Crippen molar-refractivity contribution in [1.82, 2.24) is 10.2 Å². The summed E-state index contributed by atoms with van der Waals surface area (Å²) < 4.78 is 0. The van der Waals surface area contributed by atoms with Gasteiger partial charge >= 0.3 is 0 Å². The molecule has 0 aromatic carbocycles.